The van der Waals surface area contributed by atoms with Crippen molar-refractivity contribution in [1.29, 1.82) is 0 Å². The summed E-state index contributed by atoms with van der Waals surface area (Å²) in [6.45, 7) is 5.92. The lowest BCUT2D eigenvalue weighted by molar-refractivity contribution is 0.0664. The predicted molar refractivity (Wildman–Crippen MR) is 127 cm³/mol. The van der Waals surface area contributed by atoms with Crippen molar-refractivity contribution in [2.75, 3.05) is 20.2 Å². The number of rotatable bonds is 4. The molecule has 3 heterocycles. The molecule has 1 saturated heterocycles. The van der Waals surface area contributed by atoms with Crippen molar-refractivity contribution in [3.05, 3.63) is 57.7 Å². The van der Waals surface area contributed by atoms with Crippen LogP contribution >= 0.6 is 11.6 Å². The maximum absolute atomic E-state index is 13.3. The van der Waals surface area contributed by atoms with Gasteiger partial charge in [-0.1, -0.05) is 25.4 Å². The maximum Gasteiger partial charge on any atom is 0.259 e. The molecule has 1 aliphatic heterocycles. The number of hydrogen-bond acceptors (Lipinski definition) is 4. The van der Waals surface area contributed by atoms with E-state index in [0.717, 1.165) is 42.4 Å². The highest BCUT2D eigenvalue weighted by Gasteiger charge is 2.29. The van der Waals surface area contributed by atoms with Crippen LogP contribution in [0.4, 0.5) is 0 Å². The van der Waals surface area contributed by atoms with E-state index in [-0.39, 0.29) is 11.5 Å². The van der Waals surface area contributed by atoms with Gasteiger partial charge in [-0.2, -0.15) is 0 Å². The maximum atomic E-state index is 13.3. The molecule has 168 valence electrons. The summed E-state index contributed by atoms with van der Waals surface area (Å²) < 4.78 is 7.14. The van der Waals surface area contributed by atoms with E-state index in [1.807, 2.05) is 17.0 Å². The fraction of sp³-hybridized carbons (Fsp3) is 0.400. The molecule has 32 heavy (non-hydrogen) atoms. The zero-order valence-corrected chi connectivity index (χ0v) is 19.6. The first-order valence-corrected chi connectivity index (χ1v) is 11.3. The van der Waals surface area contributed by atoms with Gasteiger partial charge in [0.2, 0.25) is 0 Å². The van der Waals surface area contributed by atoms with Crippen LogP contribution in [0.3, 0.4) is 0 Å². The molecule has 0 N–H and O–H groups in total. The van der Waals surface area contributed by atoms with Crippen molar-refractivity contribution in [2.45, 2.75) is 26.7 Å². The number of halogens is 1. The Balaban J connectivity index is 1.75. The van der Waals surface area contributed by atoms with Gasteiger partial charge in [0.05, 0.1) is 17.5 Å². The zero-order valence-electron chi connectivity index (χ0n) is 18.9. The molecule has 1 aliphatic rings. The second-order valence-electron chi connectivity index (χ2n) is 8.79. The van der Waals surface area contributed by atoms with Crippen LogP contribution in [0.15, 0.2) is 41.6 Å². The summed E-state index contributed by atoms with van der Waals surface area (Å²) in [5.41, 5.74) is 1.86. The minimum Gasteiger partial charge on any atom is -0.496 e. The number of pyridine rings is 2. The largest absolute Gasteiger partial charge is 0.496 e. The Morgan fingerprint density at radius 3 is 2.59 bits per heavy atom. The van der Waals surface area contributed by atoms with Gasteiger partial charge in [-0.15, -0.1) is 0 Å². The minimum atomic E-state index is -0.119. The first kappa shape index (κ1) is 22.3. The van der Waals surface area contributed by atoms with Crippen molar-refractivity contribution in [3.63, 3.8) is 0 Å². The second-order valence-corrected chi connectivity index (χ2v) is 9.20. The molecule has 6 nitrogen and oxygen atoms in total. The molecular formula is C25H28ClN3O3. The number of ether oxygens (including phenoxy) is 1. The van der Waals surface area contributed by atoms with Crippen LogP contribution < -0.4 is 10.3 Å². The lowest BCUT2D eigenvalue weighted by Gasteiger charge is -2.34. The Morgan fingerprint density at radius 1 is 1.22 bits per heavy atom. The molecule has 0 radical (unpaired) electrons. The summed E-state index contributed by atoms with van der Waals surface area (Å²) in [5.74, 6) is 1.59. The van der Waals surface area contributed by atoms with E-state index in [1.54, 1.807) is 38.8 Å². The van der Waals surface area contributed by atoms with Crippen LogP contribution in [0.5, 0.6) is 5.75 Å². The SMILES string of the molecule is COc1cc(-c2cn(C)c(=O)c3cnccc23)cc(Cl)c1C(=O)N1CCC(C(C)C)CC1. The van der Waals surface area contributed by atoms with Gasteiger partial charge >= 0.3 is 0 Å². The van der Waals surface area contributed by atoms with E-state index in [0.29, 0.717) is 33.6 Å². The monoisotopic (exact) mass is 453 g/mol. The molecule has 4 rings (SSSR count). The fourth-order valence-electron chi connectivity index (χ4n) is 4.57. The van der Waals surface area contributed by atoms with Crippen molar-refractivity contribution in [1.82, 2.24) is 14.5 Å². The number of carbonyl (C=O) groups excluding carboxylic acids is 1. The molecule has 0 bridgehead atoms. The number of carbonyl (C=O) groups is 1. The Bertz CT molecular complexity index is 1230. The molecule has 1 amide bonds. The van der Waals surface area contributed by atoms with E-state index in [2.05, 4.69) is 18.8 Å². The smallest absolute Gasteiger partial charge is 0.259 e. The molecule has 2 aromatic heterocycles. The van der Waals surface area contributed by atoms with Crippen molar-refractivity contribution >= 4 is 28.3 Å². The summed E-state index contributed by atoms with van der Waals surface area (Å²) >= 11 is 6.67. The summed E-state index contributed by atoms with van der Waals surface area (Å²) in [7, 11) is 3.25. The number of nitrogens with zero attached hydrogens (tertiary/aromatic N) is 3. The fourth-order valence-corrected chi connectivity index (χ4v) is 4.87. The summed E-state index contributed by atoms with van der Waals surface area (Å²) in [6.07, 6.45) is 6.99. The lowest BCUT2D eigenvalue weighted by Crippen LogP contribution is -2.39. The van der Waals surface area contributed by atoms with Gasteiger partial charge in [0, 0.05) is 44.3 Å². The number of piperidine rings is 1. The first-order valence-electron chi connectivity index (χ1n) is 10.9. The van der Waals surface area contributed by atoms with Gasteiger partial charge in [-0.3, -0.25) is 14.6 Å². The molecule has 0 spiro atoms. The van der Waals surface area contributed by atoms with Crippen LogP contribution in [0, 0.1) is 11.8 Å². The second kappa shape index (κ2) is 8.94. The van der Waals surface area contributed by atoms with Gasteiger partial charge in [-0.25, -0.2) is 0 Å². The van der Waals surface area contributed by atoms with Crippen LogP contribution in [0.1, 0.15) is 37.0 Å². The number of aryl methyl sites for hydroxylation is 1. The van der Waals surface area contributed by atoms with Crippen molar-refractivity contribution in [3.8, 4) is 16.9 Å². The van der Waals surface area contributed by atoms with E-state index in [9.17, 15) is 9.59 Å². The van der Waals surface area contributed by atoms with Gasteiger partial charge in [0.1, 0.15) is 11.3 Å². The van der Waals surface area contributed by atoms with E-state index < -0.39 is 0 Å². The Kier molecular flexibility index (Phi) is 6.24. The van der Waals surface area contributed by atoms with E-state index >= 15 is 0 Å². The highest BCUT2D eigenvalue weighted by molar-refractivity contribution is 6.34. The molecule has 7 heteroatoms. The topological polar surface area (TPSA) is 64.4 Å². The molecular weight excluding hydrogens is 426 g/mol. The molecule has 1 aromatic carbocycles. The summed E-state index contributed by atoms with van der Waals surface area (Å²) in [4.78, 5) is 31.8. The third-order valence-corrected chi connectivity index (χ3v) is 6.85. The Hall–Kier alpha value is -2.86. The minimum absolute atomic E-state index is 0.102. The summed E-state index contributed by atoms with van der Waals surface area (Å²) in [5, 5.41) is 1.64. The summed E-state index contributed by atoms with van der Waals surface area (Å²) in [6, 6.07) is 5.40. The average Bonchev–Trinajstić information content (AvgIpc) is 2.80. The highest BCUT2D eigenvalue weighted by Crippen LogP contribution is 2.37. The first-order chi connectivity index (χ1) is 15.3. The van der Waals surface area contributed by atoms with Gasteiger partial charge in [-0.05, 0) is 53.8 Å². The molecule has 0 saturated carbocycles. The quantitative estimate of drug-likeness (QED) is 0.570. The lowest BCUT2D eigenvalue weighted by atomic mass is 9.86. The van der Waals surface area contributed by atoms with E-state index in [1.165, 1.54) is 4.57 Å². The van der Waals surface area contributed by atoms with Crippen LogP contribution in [-0.4, -0.2) is 40.6 Å². The Morgan fingerprint density at radius 2 is 1.94 bits per heavy atom. The van der Waals surface area contributed by atoms with Gasteiger partial charge < -0.3 is 14.2 Å². The van der Waals surface area contributed by atoms with E-state index in [4.69, 9.17) is 16.3 Å². The third-order valence-electron chi connectivity index (χ3n) is 6.55. The molecule has 0 atom stereocenters. The van der Waals surface area contributed by atoms with Crippen LogP contribution in [-0.2, 0) is 7.05 Å². The van der Waals surface area contributed by atoms with Crippen LogP contribution in [0.25, 0.3) is 21.9 Å². The average molecular weight is 454 g/mol. The number of hydrogen-bond donors (Lipinski definition) is 0. The van der Waals surface area contributed by atoms with Gasteiger partial charge in [0.15, 0.2) is 0 Å². The normalized spacial score (nSPS) is 14.9. The molecule has 0 aliphatic carbocycles. The van der Waals surface area contributed by atoms with Crippen molar-refractivity contribution < 1.29 is 9.53 Å². The molecule has 0 unspecified atom stereocenters. The van der Waals surface area contributed by atoms with Gasteiger partial charge in [0.25, 0.3) is 11.5 Å². The molecule has 1 fully saturated rings. The zero-order chi connectivity index (χ0) is 23.0. The standard InChI is InChI=1S/C25H28ClN3O3/c1-15(2)16-6-9-29(10-7-16)25(31)23-21(26)11-17(12-22(23)32-4)20-14-28(3)24(30)19-13-27-8-5-18(19)20/h5,8,11-16H,6-7,9-10H2,1-4H3. The number of aromatic nitrogens is 2. The third kappa shape index (κ3) is 3.99. The number of benzene rings is 1. The number of amides is 1. The van der Waals surface area contributed by atoms with Crippen molar-refractivity contribution in [2.24, 2.45) is 18.9 Å². The number of methoxy groups -OCH3 is 1. The van der Waals surface area contributed by atoms with Crippen LogP contribution in [0.2, 0.25) is 5.02 Å². The Labute approximate surface area is 192 Å². The molecule has 3 aromatic rings. The number of likely N-dealkylation sites (tertiary alicyclic amines) is 1. The number of fused-ring (bicyclic) bond motifs is 1. The predicted octanol–water partition coefficient (Wildman–Crippen LogP) is 4.77. The highest BCUT2D eigenvalue weighted by atomic mass is 35.5.